The molecule has 130 valence electrons. The van der Waals surface area contributed by atoms with Gasteiger partial charge in [-0.15, -0.1) is 0 Å². The van der Waals surface area contributed by atoms with E-state index in [1.54, 1.807) is 10.9 Å². The van der Waals surface area contributed by atoms with Crippen LogP contribution in [0.1, 0.15) is 50.3 Å². The van der Waals surface area contributed by atoms with Crippen molar-refractivity contribution in [1.82, 2.24) is 19.7 Å². The zero-order valence-corrected chi connectivity index (χ0v) is 14.1. The molecule has 0 spiro atoms. The molecule has 24 heavy (non-hydrogen) atoms. The summed E-state index contributed by atoms with van der Waals surface area (Å²) in [5.74, 6) is -0.0804. The molecule has 1 aliphatic carbocycles. The standard InChI is InChI=1S/C17H24N4O3/c1-19-14(8-9-18-19)16-13(17(23)20-10-2-3-11-24-20)6-7-15(22)21(16)12-4-5-12/h8-9,12-13,16H,2-7,10-11H2,1H3/t13-,16-/m0/s1. The summed E-state index contributed by atoms with van der Waals surface area (Å²) < 4.78 is 1.79. The number of hydrogen-bond acceptors (Lipinski definition) is 4. The van der Waals surface area contributed by atoms with Gasteiger partial charge in [-0.3, -0.25) is 19.1 Å². The average molecular weight is 332 g/mol. The van der Waals surface area contributed by atoms with Crippen molar-refractivity contribution in [3.63, 3.8) is 0 Å². The molecule has 1 aromatic heterocycles. The first-order valence-electron chi connectivity index (χ1n) is 8.90. The van der Waals surface area contributed by atoms with E-state index in [9.17, 15) is 9.59 Å². The smallest absolute Gasteiger partial charge is 0.251 e. The fourth-order valence-corrected chi connectivity index (χ4v) is 3.94. The number of aromatic nitrogens is 2. The van der Waals surface area contributed by atoms with E-state index in [4.69, 9.17) is 4.84 Å². The van der Waals surface area contributed by atoms with Gasteiger partial charge in [0.15, 0.2) is 0 Å². The van der Waals surface area contributed by atoms with E-state index in [1.165, 1.54) is 5.06 Å². The number of hydrogen-bond donors (Lipinski definition) is 0. The van der Waals surface area contributed by atoms with Crippen LogP contribution in [-0.2, 0) is 21.5 Å². The van der Waals surface area contributed by atoms with Gasteiger partial charge in [0, 0.05) is 32.3 Å². The highest BCUT2D eigenvalue weighted by Gasteiger charge is 2.48. The first kappa shape index (κ1) is 15.6. The van der Waals surface area contributed by atoms with Crippen LogP contribution in [0.2, 0.25) is 0 Å². The van der Waals surface area contributed by atoms with Gasteiger partial charge >= 0.3 is 0 Å². The summed E-state index contributed by atoms with van der Waals surface area (Å²) in [4.78, 5) is 33.2. The van der Waals surface area contributed by atoms with Gasteiger partial charge in [0.05, 0.1) is 24.3 Å². The number of piperidine rings is 1. The number of carbonyl (C=O) groups excluding carboxylic acids is 2. The van der Waals surface area contributed by atoms with Crippen LogP contribution < -0.4 is 0 Å². The third kappa shape index (κ3) is 2.70. The molecular formula is C17H24N4O3. The molecular weight excluding hydrogens is 308 g/mol. The van der Waals surface area contributed by atoms with Crippen molar-refractivity contribution in [2.24, 2.45) is 13.0 Å². The Balaban J connectivity index is 1.66. The largest absolute Gasteiger partial charge is 0.330 e. The highest BCUT2D eigenvalue weighted by Crippen LogP contribution is 2.44. The molecule has 1 aromatic rings. The number of rotatable bonds is 3. The predicted molar refractivity (Wildman–Crippen MR) is 85.4 cm³/mol. The van der Waals surface area contributed by atoms with E-state index in [2.05, 4.69) is 5.10 Å². The Morgan fingerprint density at radius 3 is 2.75 bits per heavy atom. The van der Waals surface area contributed by atoms with E-state index < -0.39 is 0 Å². The number of likely N-dealkylation sites (tertiary alicyclic amines) is 1. The van der Waals surface area contributed by atoms with Gasteiger partial charge in [0.1, 0.15) is 0 Å². The molecule has 0 bridgehead atoms. The van der Waals surface area contributed by atoms with Crippen LogP contribution in [0.3, 0.4) is 0 Å². The van der Waals surface area contributed by atoms with Crippen molar-refractivity contribution < 1.29 is 14.4 Å². The molecule has 2 amide bonds. The van der Waals surface area contributed by atoms with Gasteiger partial charge in [-0.1, -0.05) is 0 Å². The van der Waals surface area contributed by atoms with Crippen molar-refractivity contribution in [3.05, 3.63) is 18.0 Å². The second kappa shape index (κ2) is 6.20. The van der Waals surface area contributed by atoms with E-state index in [1.807, 2.05) is 18.0 Å². The molecule has 4 rings (SSSR count). The molecule has 0 unspecified atom stereocenters. The lowest BCUT2D eigenvalue weighted by molar-refractivity contribution is -0.205. The highest BCUT2D eigenvalue weighted by molar-refractivity contribution is 5.85. The Kier molecular flexibility index (Phi) is 4.04. The normalized spacial score (nSPS) is 28.3. The predicted octanol–water partition coefficient (Wildman–Crippen LogP) is 1.42. The van der Waals surface area contributed by atoms with Crippen LogP contribution in [0.15, 0.2) is 12.3 Å². The molecule has 2 aliphatic heterocycles. The van der Waals surface area contributed by atoms with Crippen molar-refractivity contribution in [2.75, 3.05) is 13.2 Å². The van der Waals surface area contributed by atoms with Gasteiger partial charge in [-0.05, 0) is 38.2 Å². The van der Waals surface area contributed by atoms with Crippen LogP contribution >= 0.6 is 0 Å². The Morgan fingerprint density at radius 1 is 1.29 bits per heavy atom. The summed E-state index contributed by atoms with van der Waals surface area (Å²) in [5.41, 5.74) is 0.935. The fraction of sp³-hybridized carbons (Fsp3) is 0.706. The molecule has 1 saturated carbocycles. The minimum absolute atomic E-state index is 0.0130. The van der Waals surface area contributed by atoms with Gasteiger partial charge in [-0.2, -0.15) is 5.10 Å². The monoisotopic (exact) mass is 332 g/mol. The van der Waals surface area contributed by atoms with Crippen LogP contribution in [0, 0.1) is 5.92 Å². The van der Waals surface area contributed by atoms with Crippen molar-refractivity contribution in [1.29, 1.82) is 0 Å². The van der Waals surface area contributed by atoms with Crippen molar-refractivity contribution in [3.8, 4) is 0 Å². The second-order valence-electron chi connectivity index (χ2n) is 6.98. The van der Waals surface area contributed by atoms with Gasteiger partial charge < -0.3 is 4.90 Å². The summed E-state index contributed by atoms with van der Waals surface area (Å²) in [5, 5.41) is 5.79. The zero-order chi connectivity index (χ0) is 16.7. The summed E-state index contributed by atoms with van der Waals surface area (Å²) in [7, 11) is 1.87. The van der Waals surface area contributed by atoms with Crippen molar-refractivity contribution >= 4 is 11.8 Å². The number of hydroxylamine groups is 2. The maximum absolute atomic E-state index is 13.1. The average Bonchev–Trinajstić information content (AvgIpc) is 3.35. The van der Waals surface area contributed by atoms with Crippen LogP contribution in [0.5, 0.6) is 0 Å². The lowest BCUT2D eigenvalue weighted by Gasteiger charge is -2.42. The van der Waals surface area contributed by atoms with Gasteiger partial charge in [-0.25, -0.2) is 5.06 Å². The second-order valence-corrected chi connectivity index (χ2v) is 6.98. The number of carbonyl (C=O) groups is 2. The Hall–Kier alpha value is -1.89. The Bertz CT molecular complexity index is 634. The third-order valence-electron chi connectivity index (χ3n) is 5.31. The molecule has 0 aromatic carbocycles. The van der Waals surface area contributed by atoms with E-state index in [0.29, 0.717) is 26.0 Å². The highest BCUT2D eigenvalue weighted by atomic mass is 16.7. The van der Waals surface area contributed by atoms with Crippen LogP contribution in [0.4, 0.5) is 0 Å². The van der Waals surface area contributed by atoms with E-state index >= 15 is 0 Å². The molecule has 2 atom stereocenters. The van der Waals surface area contributed by atoms with Gasteiger partial charge in [0.2, 0.25) is 5.91 Å². The third-order valence-corrected chi connectivity index (χ3v) is 5.31. The minimum atomic E-state index is -0.253. The van der Waals surface area contributed by atoms with Crippen LogP contribution in [-0.4, -0.2) is 50.8 Å². The summed E-state index contributed by atoms with van der Waals surface area (Å²) >= 11 is 0. The van der Waals surface area contributed by atoms with E-state index in [-0.39, 0.29) is 29.8 Å². The number of aryl methyl sites for hydroxylation is 1. The molecule has 0 radical (unpaired) electrons. The lowest BCUT2D eigenvalue weighted by atomic mass is 9.85. The fourth-order valence-electron chi connectivity index (χ4n) is 3.94. The van der Waals surface area contributed by atoms with Crippen LogP contribution in [0.25, 0.3) is 0 Å². The molecule has 0 N–H and O–H groups in total. The minimum Gasteiger partial charge on any atom is -0.330 e. The van der Waals surface area contributed by atoms with Gasteiger partial charge in [0.25, 0.3) is 5.91 Å². The molecule has 7 heteroatoms. The van der Waals surface area contributed by atoms with E-state index in [0.717, 1.165) is 31.4 Å². The Labute approximate surface area is 141 Å². The SMILES string of the molecule is Cn1nccc1[C@@H]1[C@@H](C(=O)N2CCCCO2)CCC(=O)N1C1CC1. The maximum Gasteiger partial charge on any atom is 0.251 e. The quantitative estimate of drug-likeness (QED) is 0.839. The van der Waals surface area contributed by atoms with Crippen molar-refractivity contribution in [2.45, 2.75) is 50.6 Å². The molecule has 3 heterocycles. The lowest BCUT2D eigenvalue weighted by Crippen LogP contribution is -2.51. The summed E-state index contributed by atoms with van der Waals surface area (Å²) in [6, 6.07) is 1.97. The first-order valence-corrected chi connectivity index (χ1v) is 8.90. The molecule has 7 nitrogen and oxygen atoms in total. The molecule has 3 fully saturated rings. The summed E-state index contributed by atoms with van der Waals surface area (Å²) in [6.45, 7) is 1.24. The number of amides is 2. The molecule has 2 saturated heterocycles. The molecule has 3 aliphatic rings. The number of nitrogens with zero attached hydrogens (tertiary/aromatic N) is 4. The Morgan fingerprint density at radius 2 is 2.12 bits per heavy atom. The summed E-state index contributed by atoms with van der Waals surface area (Å²) in [6.07, 6.45) is 6.78. The maximum atomic E-state index is 13.1. The topological polar surface area (TPSA) is 67.7 Å². The first-order chi connectivity index (χ1) is 11.7. The zero-order valence-electron chi connectivity index (χ0n) is 14.1.